The average molecular weight is 352 g/mol. The molecule has 26 heavy (non-hydrogen) atoms. The lowest BCUT2D eigenvalue weighted by Gasteiger charge is -2.45. The maximum Gasteiger partial charge on any atom is 0.157 e. The number of nitrogens with zero attached hydrogens (tertiary/aromatic N) is 1. The second kappa shape index (κ2) is 6.84. The Morgan fingerprint density at radius 2 is 2.04 bits per heavy atom. The first-order valence-electron chi connectivity index (χ1n) is 9.42. The van der Waals surface area contributed by atoms with E-state index in [1.807, 2.05) is 0 Å². The quantitative estimate of drug-likeness (QED) is 0.903. The number of hydrogen-bond donors (Lipinski definition) is 1. The summed E-state index contributed by atoms with van der Waals surface area (Å²) in [6.07, 6.45) is 4.93. The summed E-state index contributed by atoms with van der Waals surface area (Å²) in [5.74, 6) is 2.16. The number of hydrogen-bond acceptors (Lipinski definition) is 4. The van der Waals surface area contributed by atoms with E-state index in [0.717, 1.165) is 43.9 Å². The van der Waals surface area contributed by atoms with Crippen molar-refractivity contribution >= 4 is 0 Å². The Labute approximate surface area is 156 Å². The third-order valence-electron chi connectivity index (χ3n) is 5.99. The van der Waals surface area contributed by atoms with E-state index in [0.29, 0.717) is 5.92 Å². The Kier molecular flexibility index (Phi) is 4.53. The molecular weight excluding hydrogens is 324 g/mol. The summed E-state index contributed by atoms with van der Waals surface area (Å²) < 4.78 is 11.1. The molecule has 2 N–H and O–H groups in total. The van der Waals surface area contributed by atoms with Gasteiger partial charge in [-0.05, 0) is 36.1 Å². The van der Waals surface area contributed by atoms with E-state index in [-0.39, 0.29) is 6.04 Å². The molecule has 1 aliphatic carbocycles. The molecule has 0 aromatic heterocycles. The van der Waals surface area contributed by atoms with Gasteiger partial charge in [-0.25, -0.2) is 0 Å². The van der Waals surface area contributed by atoms with Crippen LogP contribution in [0.1, 0.15) is 36.3 Å². The van der Waals surface area contributed by atoms with Gasteiger partial charge in [0.25, 0.3) is 0 Å². The minimum absolute atomic E-state index is 0.147. The second-order valence-corrected chi connectivity index (χ2v) is 7.55. The topological polar surface area (TPSA) is 47.7 Å². The highest BCUT2D eigenvalue weighted by atomic mass is 16.5. The number of fused-ring (bicyclic) bond motifs is 2. The van der Waals surface area contributed by atoms with Gasteiger partial charge in [0.05, 0.1) is 14.2 Å². The first-order valence-corrected chi connectivity index (χ1v) is 9.42. The minimum atomic E-state index is 0.147. The molecule has 2 unspecified atom stereocenters. The predicted molar refractivity (Wildman–Crippen MR) is 103 cm³/mol. The smallest absolute Gasteiger partial charge is 0.157 e. The summed E-state index contributed by atoms with van der Waals surface area (Å²) in [6, 6.07) is 8.95. The van der Waals surface area contributed by atoms with Crippen LogP contribution in [0, 0.1) is 6.92 Å². The number of allylic oxidation sites excluding steroid dienone is 2. The summed E-state index contributed by atoms with van der Waals surface area (Å²) in [5.41, 5.74) is 13.5. The second-order valence-electron chi connectivity index (χ2n) is 7.55. The lowest BCUT2D eigenvalue weighted by atomic mass is 9.79. The molecule has 1 aromatic carbocycles. The Morgan fingerprint density at radius 3 is 2.77 bits per heavy atom. The van der Waals surface area contributed by atoms with Gasteiger partial charge in [-0.15, -0.1) is 0 Å². The van der Waals surface area contributed by atoms with Crippen molar-refractivity contribution in [3.8, 4) is 0 Å². The van der Waals surface area contributed by atoms with E-state index < -0.39 is 0 Å². The fourth-order valence-electron chi connectivity index (χ4n) is 4.57. The van der Waals surface area contributed by atoms with Crippen molar-refractivity contribution in [1.29, 1.82) is 0 Å². The molecule has 4 nitrogen and oxygen atoms in total. The van der Waals surface area contributed by atoms with Crippen LogP contribution in [0.15, 0.2) is 58.7 Å². The summed E-state index contributed by atoms with van der Waals surface area (Å²) in [6.45, 7) is 4.20. The molecule has 3 aliphatic rings. The highest BCUT2D eigenvalue weighted by molar-refractivity contribution is 5.48. The molecule has 138 valence electrons. The van der Waals surface area contributed by atoms with Gasteiger partial charge >= 0.3 is 0 Å². The Bertz CT molecular complexity index is 806. The van der Waals surface area contributed by atoms with Crippen molar-refractivity contribution in [2.75, 3.05) is 27.3 Å². The molecule has 0 amide bonds. The van der Waals surface area contributed by atoms with Crippen molar-refractivity contribution in [2.24, 2.45) is 5.73 Å². The van der Waals surface area contributed by atoms with Crippen LogP contribution < -0.4 is 5.73 Å². The average Bonchev–Trinajstić information content (AvgIpc) is 2.66. The normalized spacial score (nSPS) is 25.5. The van der Waals surface area contributed by atoms with Gasteiger partial charge in [-0.2, -0.15) is 0 Å². The molecule has 4 heteroatoms. The summed E-state index contributed by atoms with van der Waals surface area (Å²) >= 11 is 0. The van der Waals surface area contributed by atoms with E-state index in [9.17, 15) is 0 Å². The van der Waals surface area contributed by atoms with Crippen molar-refractivity contribution in [2.45, 2.75) is 38.1 Å². The van der Waals surface area contributed by atoms with E-state index in [1.165, 1.54) is 28.0 Å². The van der Waals surface area contributed by atoms with Crippen LogP contribution in [0.2, 0.25) is 0 Å². The van der Waals surface area contributed by atoms with E-state index >= 15 is 0 Å². The van der Waals surface area contributed by atoms with Gasteiger partial charge in [0, 0.05) is 43.6 Å². The molecule has 2 aliphatic heterocycles. The fourth-order valence-corrected chi connectivity index (χ4v) is 4.57. The minimum Gasteiger partial charge on any atom is -0.497 e. The molecule has 2 atom stereocenters. The molecule has 0 spiro atoms. The van der Waals surface area contributed by atoms with Crippen LogP contribution >= 0.6 is 0 Å². The lowest BCUT2D eigenvalue weighted by Crippen LogP contribution is -2.46. The van der Waals surface area contributed by atoms with Crippen LogP contribution in [-0.2, 0) is 9.47 Å². The third-order valence-corrected chi connectivity index (χ3v) is 5.99. The molecule has 1 fully saturated rings. The zero-order valence-electron chi connectivity index (χ0n) is 15.9. The number of piperidine rings is 1. The Morgan fingerprint density at radius 1 is 1.19 bits per heavy atom. The number of benzene rings is 1. The number of rotatable bonds is 3. The fraction of sp³-hybridized carbons (Fsp3) is 0.455. The standard InChI is InChI=1S/C22H28N2O2/c1-14-5-4-6-15(9-14)18-13-24-8-7-16-10-21(25-2)22(26-3)11-17(16)20(24)12-19(18)23/h4-6,9-10,18-19H,7-8,11-13,23H2,1-3H3. The first kappa shape index (κ1) is 17.2. The maximum absolute atomic E-state index is 6.66. The number of aryl methyl sites for hydroxylation is 1. The van der Waals surface area contributed by atoms with E-state index in [1.54, 1.807) is 14.2 Å². The monoisotopic (exact) mass is 352 g/mol. The van der Waals surface area contributed by atoms with Crippen LogP contribution in [0.4, 0.5) is 0 Å². The molecule has 2 heterocycles. The third kappa shape index (κ3) is 2.92. The summed E-state index contributed by atoms with van der Waals surface area (Å²) in [4.78, 5) is 2.55. The van der Waals surface area contributed by atoms with Gasteiger partial charge in [0.2, 0.25) is 0 Å². The number of nitrogens with two attached hydrogens (primary N) is 1. The highest BCUT2D eigenvalue weighted by Crippen LogP contribution is 2.42. The molecule has 4 rings (SSSR count). The molecular formula is C22H28N2O2. The Balaban J connectivity index is 1.65. The van der Waals surface area contributed by atoms with Crippen LogP contribution in [0.5, 0.6) is 0 Å². The van der Waals surface area contributed by atoms with Crippen molar-refractivity contribution in [3.05, 3.63) is 69.8 Å². The molecule has 0 saturated carbocycles. The van der Waals surface area contributed by atoms with Crippen molar-refractivity contribution in [3.63, 3.8) is 0 Å². The van der Waals surface area contributed by atoms with Gasteiger partial charge in [-0.1, -0.05) is 29.8 Å². The molecule has 1 saturated heterocycles. The van der Waals surface area contributed by atoms with Crippen LogP contribution in [-0.4, -0.2) is 38.3 Å². The van der Waals surface area contributed by atoms with Gasteiger partial charge < -0.3 is 20.1 Å². The highest BCUT2D eigenvalue weighted by Gasteiger charge is 2.36. The Hall–Kier alpha value is -2.20. The molecule has 1 aromatic rings. The van der Waals surface area contributed by atoms with Crippen molar-refractivity contribution < 1.29 is 9.47 Å². The van der Waals surface area contributed by atoms with Gasteiger partial charge in [0.15, 0.2) is 5.76 Å². The van der Waals surface area contributed by atoms with E-state index in [4.69, 9.17) is 15.2 Å². The maximum atomic E-state index is 6.66. The summed E-state index contributed by atoms with van der Waals surface area (Å²) in [7, 11) is 3.43. The zero-order chi connectivity index (χ0) is 18.3. The van der Waals surface area contributed by atoms with Crippen LogP contribution in [0.25, 0.3) is 0 Å². The predicted octanol–water partition coefficient (Wildman–Crippen LogP) is 3.60. The van der Waals surface area contributed by atoms with E-state index in [2.05, 4.69) is 42.2 Å². The molecule has 0 bridgehead atoms. The summed E-state index contributed by atoms with van der Waals surface area (Å²) in [5, 5.41) is 0. The lowest BCUT2D eigenvalue weighted by molar-refractivity contribution is 0.211. The van der Waals surface area contributed by atoms with Crippen molar-refractivity contribution in [1.82, 2.24) is 4.90 Å². The largest absolute Gasteiger partial charge is 0.497 e. The van der Waals surface area contributed by atoms with Gasteiger partial charge in [-0.3, -0.25) is 0 Å². The SMILES string of the molecule is COC1=C(OC)CC2=C3CC(N)C(c4cccc(C)c4)CN3CCC2=C1. The van der Waals surface area contributed by atoms with Gasteiger partial charge in [0.1, 0.15) is 5.76 Å². The van der Waals surface area contributed by atoms with Crippen LogP contribution in [0.3, 0.4) is 0 Å². The number of methoxy groups -OCH3 is 2. The number of ether oxygens (including phenoxy) is 2. The first-order chi connectivity index (χ1) is 12.6. The zero-order valence-corrected chi connectivity index (χ0v) is 15.9. The molecule has 0 radical (unpaired) electrons.